The van der Waals surface area contributed by atoms with Crippen LogP contribution in [0.4, 0.5) is 0 Å². The quantitative estimate of drug-likeness (QED) is 0.646. The average Bonchev–Trinajstić information content (AvgIpc) is 2.21. The van der Waals surface area contributed by atoms with E-state index in [1.807, 2.05) is 12.1 Å². The van der Waals surface area contributed by atoms with E-state index >= 15 is 0 Å². The molecule has 0 aliphatic carbocycles. The SMILES string of the molecule is NC1COc2ccccc2OCC1=O. The molecule has 0 aromatic heterocycles. The van der Waals surface area contributed by atoms with Gasteiger partial charge in [-0.25, -0.2) is 0 Å². The number of hydrogen-bond donors (Lipinski definition) is 1. The van der Waals surface area contributed by atoms with E-state index in [1.165, 1.54) is 0 Å². The van der Waals surface area contributed by atoms with Gasteiger partial charge >= 0.3 is 0 Å². The summed E-state index contributed by atoms with van der Waals surface area (Å²) >= 11 is 0. The van der Waals surface area contributed by atoms with Gasteiger partial charge in [-0.15, -0.1) is 0 Å². The fraction of sp³-hybridized carbons (Fsp3) is 0.300. The molecular weight excluding hydrogens is 182 g/mol. The lowest BCUT2D eigenvalue weighted by molar-refractivity contribution is -0.123. The Kier molecular flexibility index (Phi) is 2.37. The Balaban J connectivity index is 2.25. The number of benzene rings is 1. The van der Waals surface area contributed by atoms with Gasteiger partial charge in [-0.05, 0) is 12.1 Å². The van der Waals surface area contributed by atoms with Crippen molar-refractivity contribution in [2.24, 2.45) is 5.73 Å². The molecule has 4 nitrogen and oxygen atoms in total. The molecule has 1 aliphatic heterocycles. The smallest absolute Gasteiger partial charge is 0.190 e. The summed E-state index contributed by atoms with van der Waals surface area (Å²) in [6.07, 6.45) is 0. The molecule has 1 aromatic carbocycles. The first kappa shape index (κ1) is 9.02. The van der Waals surface area contributed by atoms with E-state index in [4.69, 9.17) is 15.2 Å². The normalized spacial score (nSPS) is 21.2. The van der Waals surface area contributed by atoms with Crippen LogP contribution in [0.25, 0.3) is 0 Å². The van der Waals surface area contributed by atoms with Crippen molar-refractivity contribution in [1.29, 1.82) is 0 Å². The van der Waals surface area contributed by atoms with Gasteiger partial charge in [0.05, 0.1) is 0 Å². The third-order valence-electron chi connectivity index (χ3n) is 2.05. The van der Waals surface area contributed by atoms with E-state index in [2.05, 4.69) is 0 Å². The summed E-state index contributed by atoms with van der Waals surface area (Å²) in [6, 6.07) is 6.63. The summed E-state index contributed by atoms with van der Waals surface area (Å²) in [4.78, 5) is 11.2. The number of ketones is 1. The van der Waals surface area contributed by atoms with Gasteiger partial charge in [-0.3, -0.25) is 4.79 Å². The molecule has 0 saturated carbocycles. The molecule has 2 rings (SSSR count). The van der Waals surface area contributed by atoms with E-state index in [9.17, 15) is 4.79 Å². The second kappa shape index (κ2) is 3.67. The first-order valence-electron chi connectivity index (χ1n) is 4.40. The van der Waals surface area contributed by atoms with Crippen LogP contribution >= 0.6 is 0 Å². The van der Waals surface area contributed by atoms with Crippen LogP contribution in [0, 0.1) is 0 Å². The Morgan fingerprint density at radius 3 is 2.57 bits per heavy atom. The van der Waals surface area contributed by atoms with Crippen molar-refractivity contribution in [2.45, 2.75) is 6.04 Å². The highest BCUT2D eigenvalue weighted by atomic mass is 16.5. The summed E-state index contributed by atoms with van der Waals surface area (Å²) in [7, 11) is 0. The Morgan fingerprint density at radius 1 is 1.21 bits per heavy atom. The van der Waals surface area contributed by atoms with Gasteiger partial charge in [-0.2, -0.15) is 0 Å². The Bertz CT molecular complexity index is 351. The number of carbonyl (C=O) groups is 1. The predicted molar refractivity (Wildman–Crippen MR) is 50.4 cm³/mol. The minimum atomic E-state index is -0.594. The van der Waals surface area contributed by atoms with Gasteiger partial charge in [0.25, 0.3) is 0 Å². The molecule has 0 spiro atoms. The van der Waals surface area contributed by atoms with E-state index in [-0.39, 0.29) is 19.0 Å². The molecule has 74 valence electrons. The third kappa shape index (κ3) is 1.70. The Morgan fingerprint density at radius 2 is 1.86 bits per heavy atom. The highest BCUT2D eigenvalue weighted by Crippen LogP contribution is 2.27. The van der Waals surface area contributed by atoms with Crippen molar-refractivity contribution in [3.8, 4) is 11.5 Å². The second-order valence-corrected chi connectivity index (χ2v) is 3.12. The van der Waals surface area contributed by atoms with Crippen molar-refractivity contribution in [3.05, 3.63) is 24.3 Å². The average molecular weight is 193 g/mol. The molecule has 1 aliphatic rings. The van der Waals surface area contributed by atoms with Crippen LogP contribution in [0.3, 0.4) is 0 Å². The molecule has 0 fully saturated rings. The molecule has 0 saturated heterocycles. The van der Waals surface area contributed by atoms with Crippen LogP contribution < -0.4 is 15.2 Å². The summed E-state index contributed by atoms with van der Waals surface area (Å²) < 4.78 is 10.6. The fourth-order valence-electron chi connectivity index (χ4n) is 1.22. The van der Waals surface area contributed by atoms with Gasteiger partial charge in [-0.1, -0.05) is 12.1 Å². The molecule has 0 radical (unpaired) electrons. The lowest BCUT2D eigenvalue weighted by atomic mass is 10.2. The number of ether oxygens (including phenoxy) is 2. The van der Waals surface area contributed by atoms with Crippen molar-refractivity contribution < 1.29 is 14.3 Å². The Hall–Kier alpha value is -1.55. The molecule has 4 heteroatoms. The molecule has 1 aromatic rings. The maximum Gasteiger partial charge on any atom is 0.190 e. The summed E-state index contributed by atoms with van der Waals surface area (Å²) in [5.41, 5.74) is 5.55. The zero-order chi connectivity index (χ0) is 9.97. The van der Waals surface area contributed by atoms with Crippen molar-refractivity contribution >= 4 is 5.78 Å². The highest BCUT2D eigenvalue weighted by Gasteiger charge is 2.19. The lowest BCUT2D eigenvalue weighted by Crippen LogP contribution is -2.40. The number of carbonyl (C=O) groups excluding carboxylic acids is 1. The number of Topliss-reactive ketones (excluding diaryl/α,β-unsaturated/α-hetero) is 1. The largest absolute Gasteiger partial charge is 0.488 e. The van der Waals surface area contributed by atoms with Crippen LogP contribution in [0.1, 0.15) is 0 Å². The van der Waals surface area contributed by atoms with E-state index in [1.54, 1.807) is 12.1 Å². The maximum absolute atomic E-state index is 11.2. The molecular formula is C10H11NO3. The van der Waals surface area contributed by atoms with E-state index in [0.29, 0.717) is 11.5 Å². The van der Waals surface area contributed by atoms with E-state index in [0.717, 1.165) is 0 Å². The summed E-state index contributed by atoms with van der Waals surface area (Å²) in [5.74, 6) is 1.09. The third-order valence-corrected chi connectivity index (χ3v) is 2.05. The monoisotopic (exact) mass is 193 g/mol. The molecule has 0 bridgehead atoms. The van der Waals surface area contributed by atoms with Gasteiger partial charge in [0.2, 0.25) is 0 Å². The van der Waals surface area contributed by atoms with Gasteiger partial charge in [0.15, 0.2) is 17.3 Å². The predicted octanol–water partition coefficient (Wildman–Crippen LogP) is 0.354. The van der Waals surface area contributed by atoms with Gasteiger partial charge < -0.3 is 15.2 Å². The second-order valence-electron chi connectivity index (χ2n) is 3.12. The lowest BCUT2D eigenvalue weighted by Gasteiger charge is -2.19. The minimum Gasteiger partial charge on any atom is -0.488 e. The molecule has 1 heterocycles. The minimum absolute atomic E-state index is 0.0154. The first-order chi connectivity index (χ1) is 6.77. The topological polar surface area (TPSA) is 61.6 Å². The molecule has 1 unspecified atom stereocenters. The first-order valence-corrected chi connectivity index (χ1v) is 4.40. The number of rotatable bonds is 0. The standard InChI is InChI=1S/C10H11NO3/c11-7-5-13-9-3-1-2-4-10(9)14-6-8(7)12/h1-4,7H,5-6,11H2. The molecule has 1 atom stereocenters. The van der Waals surface area contributed by atoms with Crippen molar-refractivity contribution in [2.75, 3.05) is 13.2 Å². The van der Waals surface area contributed by atoms with Crippen LogP contribution in [0.15, 0.2) is 24.3 Å². The van der Waals surface area contributed by atoms with E-state index < -0.39 is 6.04 Å². The molecule has 2 N–H and O–H groups in total. The molecule has 0 amide bonds. The Labute approximate surface area is 81.6 Å². The van der Waals surface area contributed by atoms with Crippen LogP contribution in [0.2, 0.25) is 0 Å². The van der Waals surface area contributed by atoms with Crippen LogP contribution in [-0.4, -0.2) is 25.0 Å². The summed E-state index contributed by atoms with van der Waals surface area (Å²) in [6.45, 7) is 0.223. The van der Waals surface area contributed by atoms with Crippen LogP contribution in [-0.2, 0) is 4.79 Å². The number of hydrogen-bond acceptors (Lipinski definition) is 4. The van der Waals surface area contributed by atoms with Crippen LogP contribution in [0.5, 0.6) is 11.5 Å². The number of nitrogens with two attached hydrogens (primary N) is 1. The highest BCUT2D eigenvalue weighted by molar-refractivity contribution is 5.85. The maximum atomic E-state index is 11.2. The number of fused-ring (bicyclic) bond motifs is 1. The fourth-order valence-corrected chi connectivity index (χ4v) is 1.22. The van der Waals surface area contributed by atoms with Gasteiger partial charge in [0.1, 0.15) is 19.3 Å². The van der Waals surface area contributed by atoms with Gasteiger partial charge in [0, 0.05) is 0 Å². The summed E-state index contributed by atoms with van der Waals surface area (Å²) in [5, 5.41) is 0. The zero-order valence-corrected chi connectivity index (χ0v) is 7.60. The number of para-hydroxylation sites is 2. The zero-order valence-electron chi connectivity index (χ0n) is 7.60. The van der Waals surface area contributed by atoms with Crippen molar-refractivity contribution in [3.63, 3.8) is 0 Å². The van der Waals surface area contributed by atoms with Crippen molar-refractivity contribution in [1.82, 2.24) is 0 Å². The molecule has 14 heavy (non-hydrogen) atoms.